The molecule has 0 radical (unpaired) electrons. The molecule has 1 aromatic rings. The summed E-state index contributed by atoms with van der Waals surface area (Å²) in [5.41, 5.74) is 2.49. The lowest BCUT2D eigenvalue weighted by molar-refractivity contribution is -0.126. The van der Waals surface area contributed by atoms with Gasteiger partial charge in [-0.3, -0.25) is 4.79 Å². The number of thioether (sulfide) groups is 1. The highest BCUT2D eigenvalue weighted by molar-refractivity contribution is 7.99. The molecule has 0 unspecified atom stereocenters. The Morgan fingerprint density at radius 2 is 2.38 bits per heavy atom. The highest BCUT2D eigenvalue weighted by atomic mass is 32.2. The molecule has 84 valence electrons. The summed E-state index contributed by atoms with van der Waals surface area (Å²) in [6.07, 6.45) is 1.39. The van der Waals surface area contributed by atoms with Crippen molar-refractivity contribution in [1.29, 1.82) is 0 Å². The van der Waals surface area contributed by atoms with Gasteiger partial charge in [0.15, 0.2) is 0 Å². The van der Waals surface area contributed by atoms with Crippen molar-refractivity contribution in [3.05, 3.63) is 42.0 Å². The Morgan fingerprint density at radius 1 is 1.56 bits per heavy atom. The first-order chi connectivity index (χ1) is 7.70. The van der Waals surface area contributed by atoms with Gasteiger partial charge in [0.05, 0.1) is 0 Å². The van der Waals surface area contributed by atoms with Gasteiger partial charge in [-0.05, 0) is 24.6 Å². The van der Waals surface area contributed by atoms with E-state index in [2.05, 4.69) is 31.7 Å². The van der Waals surface area contributed by atoms with Crippen molar-refractivity contribution >= 4 is 17.7 Å². The van der Waals surface area contributed by atoms with Gasteiger partial charge in [0, 0.05) is 23.7 Å². The fourth-order valence-corrected chi connectivity index (χ4v) is 2.85. The van der Waals surface area contributed by atoms with E-state index < -0.39 is 0 Å². The molecule has 1 amide bonds. The maximum absolute atomic E-state index is 11.6. The second-order valence-corrected chi connectivity index (χ2v) is 5.06. The highest BCUT2D eigenvalue weighted by Gasteiger charge is 2.17. The molecule has 0 bridgehead atoms. The largest absolute Gasteiger partial charge is 0.334 e. The predicted molar refractivity (Wildman–Crippen MR) is 67.5 cm³/mol. The Morgan fingerprint density at radius 3 is 3.12 bits per heavy atom. The van der Waals surface area contributed by atoms with E-state index in [4.69, 9.17) is 0 Å². The molecule has 0 fully saturated rings. The first-order valence-electron chi connectivity index (χ1n) is 5.34. The molecule has 0 N–H and O–H groups in total. The number of amides is 1. The van der Waals surface area contributed by atoms with E-state index in [1.807, 2.05) is 16.7 Å². The number of fused-ring (bicyclic) bond motifs is 1. The zero-order valence-electron chi connectivity index (χ0n) is 9.40. The lowest BCUT2D eigenvalue weighted by atomic mass is 10.1. The van der Waals surface area contributed by atoms with Crippen molar-refractivity contribution in [3.8, 4) is 0 Å². The summed E-state index contributed by atoms with van der Waals surface area (Å²) in [5, 5.41) is 0. The fraction of sp³-hybridized carbons (Fsp3) is 0.308. The van der Waals surface area contributed by atoms with Crippen molar-refractivity contribution in [2.24, 2.45) is 0 Å². The van der Waals surface area contributed by atoms with E-state index in [1.54, 1.807) is 0 Å². The van der Waals surface area contributed by atoms with Crippen molar-refractivity contribution in [2.45, 2.75) is 18.4 Å². The van der Waals surface area contributed by atoms with E-state index in [0.717, 1.165) is 12.3 Å². The molecule has 0 saturated carbocycles. The average Bonchev–Trinajstić information content (AvgIpc) is 2.49. The van der Waals surface area contributed by atoms with Crippen molar-refractivity contribution < 1.29 is 4.79 Å². The molecule has 0 saturated heterocycles. The van der Waals surface area contributed by atoms with Gasteiger partial charge in [0.1, 0.15) is 0 Å². The summed E-state index contributed by atoms with van der Waals surface area (Å²) in [6, 6.07) is 6.44. The van der Waals surface area contributed by atoms with E-state index in [9.17, 15) is 4.79 Å². The van der Waals surface area contributed by atoms with Crippen LogP contribution in [0.2, 0.25) is 0 Å². The minimum Gasteiger partial charge on any atom is -0.334 e. The summed E-state index contributed by atoms with van der Waals surface area (Å²) in [4.78, 5) is 14.8. The topological polar surface area (TPSA) is 20.3 Å². The zero-order chi connectivity index (χ0) is 11.5. The standard InChI is InChI=1S/C13H15NOS/c1-3-13(15)14-6-7-16-12-5-4-10(2)8-11(12)9-14/h3-5,8H,1,6-7,9H2,2H3. The Balaban J connectivity index is 2.29. The van der Waals surface area contributed by atoms with Crippen LogP contribution < -0.4 is 0 Å². The third-order valence-electron chi connectivity index (χ3n) is 2.68. The van der Waals surface area contributed by atoms with Crippen molar-refractivity contribution in [2.75, 3.05) is 12.3 Å². The summed E-state index contributed by atoms with van der Waals surface area (Å²) < 4.78 is 0. The number of nitrogens with zero attached hydrogens (tertiary/aromatic N) is 1. The van der Waals surface area contributed by atoms with Crippen LogP contribution in [0.25, 0.3) is 0 Å². The van der Waals surface area contributed by atoms with Crippen LogP contribution in [-0.2, 0) is 11.3 Å². The smallest absolute Gasteiger partial charge is 0.246 e. The summed E-state index contributed by atoms with van der Waals surface area (Å²) in [7, 11) is 0. The van der Waals surface area contributed by atoms with Gasteiger partial charge in [-0.25, -0.2) is 0 Å². The molecule has 1 heterocycles. The normalized spacial score (nSPS) is 15.2. The molecule has 3 heteroatoms. The third-order valence-corrected chi connectivity index (χ3v) is 3.78. The lowest BCUT2D eigenvalue weighted by Gasteiger charge is -2.18. The van der Waals surface area contributed by atoms with E-state index in [1.165, 1.54) is 22.1 Å². The van der Waals surface area contributed by atoms with Gasteiger partial charge >= 0.3 is 0 Å². The number of benzene rings is 1. The maximum Gasteiger partial charge on any atom is 0.246 e. The maximum atomic E-state index is 11.6. The van der Waals surface area contributed by atoms with Gasteiger partial charge < -0.3 is 4.90 Å². The molecular formula is C13H15NOS. The third kappa shape index (κ3) is 2.30. The second kappa shape index (κ2) is 4.74. The SMILES string of the molecule is C=CC(=O)N1CCSc2ccc(C)cc2C1. The van der Waals surface area contributed by atoms with Crippen LogP contribution in [0, 0.1) is 6.92 Å². The van der Waals surface area contributed by atoms with Crippen LogP contribution in [0.3, 0.4) is 0 Å². The molecule has 2 rings (SSSR count). The highest BCUT2D eigenvalue weighted by Crippen LogP contribution is 2.28. The Kier molecular flexibility index (Phi) is 3.34. The van der Waals surface area contributed by atoms with Crippen LogP contribution >= 0.6 is 11.8 Å². The molecule has 0 aromatic heterocycles. The minimum atomic E-state index is 0.0231. The number of carbonyl (C=O) groups excluding carboxylic acids is 1. The van der Waals surface area contributed by atoms with E-state index in [-0.39, 0.29) is 5.91 Å². The van der Waals surface area contributed by atoms with E-state index >= 15 is 0 Å². The Labute approximate surface area is 100 Å². The molecule has 1 aliphatic rings. The summed E-state index contributed by atoms with van der Waals surface area (Å²) >= 11 is 1.82. The van der Waals surface area contributed by atoms with Gasteiger partial charge in [0.25, 0.3) is 0 Å². The molecule has 0 atom stereocenters. The number of hydrogen-bond donors (Lipinski definition) is 0. The van der Waals surface area contributed by atoms with Crippen LogP contribution in [0.4, 0.5) is 0 Å². The average molecular weight is 233 g/mol. The molecule has 1 aromatic carbocycles. The van der Waals surface area contributed by atoms with Gasteiger partial charge in [-0.1, -0.05) is 24.3 Å². The van der Waals surface area contributed by atoms with Gasteiger partial charge in [0.2, 0.25) is 5.91 Å². The van der Waals surface area contributed by atoms with Gasteiger partial charge in [-0.2, -0.15) is 0 Å². The molecule has 1 aliphatic heterocycles. The fourth-order valence-electron chi connectivity index (χ4n) is 1.84. The summed E-state index contributed by atoms with van der Waals surface area (Å²) in [6.45, 7) is 7.12. The number of rotatable bonds is 1. The van der Waals surface area contributed by atoms with Crippen LogP contribution in [0.15, 0.2) is 35.7 Å². The Bertz CT molecular complexity index is 428. The lowest BCUT2D eigenvalue weighted by Crippen LogP contribution is -2.29. The number of carbonyl (C=O) groups is 1. The van der Waals surface area contributed by atoms with Crippen molar-refractivity contribution in [3.63, 3.8) is 0 Å². The van der Waals surface area contributed by atoms with E-state index in [0.29, 0.717) is 6.54 Å². The van der Waals surface area contributed by atoms with Gasteiger partial charge in [-0.15, -0.1) is 11.8 Å². The van der Waals surface area contributed by atoms with Crippen molar-refractivity contribution in [1.82, 2.24) is 4.90 Å². The number of aryl methyl sites for hydroxylation is 1. The molecule has 16 heavy (non-hydrogen) atoms. The van der Waals surface area contributed by atoms with Crippen LogP contribution in [0.5, 0.6) is 0 Å². The first kappa shape index (κ1) is 11.3. The van der Waals surface area contributed by atoms with Crippen LogP contribution in [-0.4, -0.2) is 23.1 Å². The second-order valence-electron chi connectivity index (χ2n) is 3.92. The molecule has 2 nitrogen and oxygen atoms in total. The molecule has 0 aliphatic carbocycles. The minimum absolute atomic E-state index is 0.0231. The zero-order valence-corrected chi connectivity index (χ0v) is 10.2. The molecular weight excluding hydrogens is 218 g/mol. The number of hydrogen-bond acceptors (Lipinski definition) is 2. The first-order valence-corrected chi connectivity index (χ1v) is 6.33. The molecule has 0 spiro atoms. The monoisotopic (exact) mass is 233 g/mol. The Hall–Kier alpha value is -1.22. The quantitative estimate of drug-likeness (QED) is 0.695. The summed E-state index contributed by atoms with van der Waals surface area (Å²) in [5.74, 6) is 0.977. The van der Waals surface area contributed by atoms with Crippen LogP contribution in [0.1, 0.15) is 11.1 Å². The predicted octanol–water partition coefficient (Wildman–Crippen LogP) is 2.62.